The van der Waals surface area contributed by atoms with E-state index in [2.05, 4.69) is 10.3 Å². The van der Waals surface area contributed by atoms with Gasteiger partial charge in [-0.15, -0.1) is 0 Å². The van der Waals surface area contributed by atoms with Crippen molar-refractivity contribution in [2.24, 2.45) is 0 Å². The zero-order chi connectivity index (χ0) is 12.1. The number of carbonyl (C=O) groups is 1. The van der Waals surface area contributed by atoms with Gasteiger partial charge in [0, 0.05) is 5.56 Å². The van der Waals surface area contributed by atoms with Gasteiger partial charge in [0.15, 0.2) is 0 Å². The van der Waals surface area contributed by atoms with E-state index in [9.17, 15) is 9.18 Å². The molecule has 4 heteroatoms. The number of halogens is 1. The Kier molecular flexibility index (Phi) is 3.45. The third-order valence-electron chi connectivity index (χ3n) is 2.25. The number of aromatic nitrogens is 1. The molecule has 0 atom stereocenters. The molecule has 0 bridgehead atoms. The Morgan fingerprint density at radius 1 is 1.18 bits per heavy atom. The molecule has 0 aliphatic rings. The molecule has 1 heterocycles. The number of carbonyl (C=O) groups excluding carboxylic acids is 1. The molecule has 0 saturated carbocycles. The highest BCUT2D eigenvalue weighted by Crippen LogP contribution is 2.00. The van der Waals surface area contributed by atoms with Gasteiger partial charge in [0.2, 0.25) is 0 Å². The highest BCUT2D eigenvalue weighted by molar-refractivity contribution is 5.93. The maximum absolute atomic E-state index is 12.6. The summed E-state index contributed by atoms with van der Waals surface area (Å²) in [5.41, 5.74) is 1.21. The van der Waals surface area contributed by atoms with Gasteiger partial charge in [-0.25, -0.2) is 4.39 Å². The number of amides is 1. The van der Waals surface area contributed by atoms with Crippen molar-refractivity contribution in [2.45, 2.75) is 6.54 Å². The maximum atomic E-state index is 12.6. The van der Waals surface area contributed by atoms with Crippen molar-refractivity contribution in [3.8, 4) is 0 Å². The van der Waals surface area contributed by atoms with Crippen LogP contribution < -0.4 is 5.32 Å². The summed E-state index contributed by atoms with van der Waals surface area (Å²) in [6, 6.07) is 11.8. The number of rotatable bonds is 3. The Labute approximate surface area is 98.3 Å². The van der Waals surface area contributed by atoms with Crippen molar-refractivity contribution in [3.63, 3.8) is 0 Å². The molecule has 1 N–H and O–H groups in total. The molecule has 0 aliphatic carbocycles. The summed E-state index contributed by atoms with van der Waals surface area (Å²) >= 11 is 0. The number of nitrogens with zero attached hydrogens (tertiary/aromatic N) is 1. The van der Waals surface area contributed by atoms with Gasteiger partial charge >= 0.3 is 0 Å². The smallest absolute Gasteiger partial charge is 0.251 e. The van der Waals surface area contributed by atoms with Gasteiger partial charge in [0.05, 0.1) is 18.4 Å². The third-order valence-corrected chi connectivity index (χ3v) is 2.25. The minimum atomic E-state index is -0.386. The van der Waals surface area contributed by atoms with Crippen LogP contribution in [0.2, 0.25) is 0 Å². The lowest BCUT2D eigenvalue weighted by Gasteiger charge is -2.04. The average molecular weight is 230 g/mol. The van der Waals surface area contributed by atoms with E-state index in [4.69, 9.17) is 0 Å². The second-order valence-electron chi connectivity index (χ2n) is 3.52. The summed E-state index contributed by atoms with van der Waals surface area (Å²) in [6.07, 6.45) is 1.13. The molecule has 0 radical (unpaired) electrons. The monoisotopic (exact) mass is 230 g/mol. The van der Waals surface area contributed by atoms with Crippen LogP contribution >= 0.6 is 0 Å². The summed E-state index contributed by atoms with van der Waals surface area (Å²) < 4.78 is 12.6. The predicted molar refractivity (Wildman–Crippen MR) is 61.8 cm³/mol. The Morgan fingerprint density at radius 3 is 2.59 bits per heavy atom. The predicted octanol–water partition coefficient (Wildman–Crippen LogP) is 2.15. The maximum Gasteiger partial charge on any atom is 0.251 e. The first-order valence-electron chi connectivity index (χ1n) is 5.19. The normalized spacial score (nSPS) is 9.94. The lowest BCUT2D eigenvalue weighted by Crippen LogP contribution is -2.23. The van der Waals surface area contributed by atoms with Crippen molar-refractivity contribution >= 4 is 5.91 Å². The van der Waals surface area contributed by atoms with Crippen molar-refractivity contribution in [1.82, 2.24) is 10.3 Å². The van der Waals surface area contributed by atoms with Crippen molar-refractivity contribution in [3.05, 3.63) is 65.7 Å². The first-order valence-corrected chi connectivity index (χ1v) is 5.19. The van der Waals surface area contributed by atoms with E-state index in [1.807, 2.05) is 6.07 Å². The molecule has 86 valence electrons. The Bertz CT molecular complexity index is 497. The van der Waals surface area contributed by atoms with Crippen molar-refractivity contribution in [2.75, 3.05) is 0 Å². The first-order chi connectivity index (χ1) is 8.25. The fourth-order valence-electron chi connectivity index (χ4n) is 1.37. The Morgan fingerprint density at radius 2 is 1.94 bits per heavy atom. The summed E-state index contributed by atoms with van der Waals surface area (Å²) in [6.45, 7) is 0.286. The van der Waals surface area contributed by atoms with E-state index in [-0.39, 0.29) is 18.3 Å². The van der Waals surface area contributed by atoms with Gasteiger partial charge in [-0.05, 0) is 24.3 Å². The van der Waals surface area contributed by atoms with Crippen LogP contribution in [0.1, 0.15) is 16.1 Å². The summed E-state index contributed by atoms with van der Waals surface area (Å²) in [7, 11) is 0. The second-order valence-corrected chi connectivity index (χ2v) is 3.52. The molecular formula is C13H11FN2O. The molecule has 0 saturated heterocycles. The van der Waals surface area contributed by atoms with Gasteiger partial charge < -0.3 is 5.32 Å². The van der Waals surface area contributed by atoms with Crippen LogP contribution in [0.3, 0.4) is 0 Å². The number of pyridine rings is 1. The largest absolute Gasteiger partial charge is 0.346 e. The molecule has 1 aromatic carbocycles. The zero-order valence-electron chi connectivity index (χ0n) is 9.06. The quantitative estimate of drug-likeness (QED) is 0.877. The van der Waals surface area contributed by atoms with Crippen LogP contribution in [-0.2, 0) is 6.54 Å². The van der Waals surface area contributed by atoms with Crippen LogP contribution in [-0.4, -0.2) is 10.9 Å². The summed E-state index contributed by atoms with van der Waals surface area (Å²) in [5.74, 6) is -0.556. The van der Waals surface area contributed by atoms with E-state index < -0.39 is 0 Å². The Hall–Kier alpha value is -2.23. The van der Waals surface area contributed by atoms with Gasteiger partial charge in [-0.2, -0.15) is 0 Å². The minimum absolute atomic E-state index is 0.170. The van der Waals surface area contributed by atoms with Gasteiger partial charge in [0.1, 0.15) is 5.82 Å². The highest BCUT2D eigenvalue weighted by Gasteiger charge is 2.04. The molecule has 0 aliphatic heterocycles. The summed E-state index contributed by atoms with van der Waals surface area (Å²) in [5, 5.41) is 2.71. The molecule has 0 unspecified atom stereocenters. The van der Waals surface area contributed by atoms with Gasteiger partial charge in [0.25, 0.3) is 5.91 Å². The van der Waals surface area contributed by atoms with Crippen LogP contribution in [0.25, 0.3) is 0 Å². The van der Waals surface area contributed by atoms with Crippen LogP contribution in [0.5, 0.6) is 0 Å². The van der Waals surface area contributed by atoms with E-state index >= 15 is 0 Å². The number of hydrogen-bond donors (Lipinski definition) is 1. The van der Waals surface area contributed by atoms with Crippen LogP contribution in [0, 0.1) is 5.82 Å². The lowest BCUT2D eigenvalue weighted by atomic mass is 10.2. The number of hydrogen-bond acceptors (Lipinski definition) is 2. The topological polar surface area (TPSA) is 42.0 Å². The first kappa shape index (κ1) is 11.3. The number of benzene rings is 1. The molecule has 17 heavy (non-hydrogen) atoms. The molecule has 2 aromatic rings. The molecule has 2 rings (SSSR count). The molecule has 1 amide bonds. The van der Waals surface area contributed by atoms with Crippen LogP contribution in [0.4, 0.5) is 4.39 Å². The molecule has 3 nitrogen and oxygen atoms in total. The molecular weight excluding hydrogens is 219 g/mol. The van der Waals surface area contributed by atoms with Gasteiger partial charge in [-0.1, -0.05) is 18.2 Å². The minimum Gasteiger partial charge on any atom is -0.346 e. The standard InChI is InChI=1S/C13H11FN2O/c14-11-6-7-12(15-8-11)9-16-13(17)10-4-2-1-3-5-10/h1-8H,9H2,(H,16,17). The highest BCUT2D eigenvalue weighted by atomic mass is 19.1. The van der Waals surface area contributed by atoms with E-state index in [1.165, 1.54) is 6.07 Å². The third kappa shape index (κ3) is 3.11. The second kappa shape index (κ2) is 5.21. The fourth-order valence-corrected chi connectivity index (χ4v) is 1.37. The zero-order valence-corrected chi connectivity index (χ0v) is 9.06. The molecule has 1 aromatic heterocycles. The average Bonchev–Trinajstić information content (AvgIpc) is 2.39. The fraction of sp³-hybridized carbons (Fsp3) is 0.0769. The lowest BCUT2D eigenvalue weighted by molar-refractivity contribution is 0.0950. The van der Waals surface area contributed by atoms with Crippen molar-refractivity contribution in [1.29, 1.82) is 0 Å². The van der Waals surface area contributed by atoms with E-state index in [0.717, 1.165) is 6.20 Å². The van der Waals surface area contributed by atoms with Crippen molar-refractivity contribution < 1.29 is 9.18 Å². The SMILES string of the molecule is O=C(NCc1ccc(F)cn1)c1ccccc1. The van der Waals surface area contributed by atoms with E-state index in [1.54, 1.807) is 30.3 Å². The van der Waals surface area contributed by atoms with Crippen LogP contribution in [0.15, 0.2) is 48.7 Å². The molecule has 0 spiro atoms. The summed E-state index contributed by atoms with van der Waals surface area (Å²) in [4.78, 5) is 15.5. The molecule has 0 fully saturated rings. The number of nitrogens with one attached hydrogen (secondary N) is 1. The Balaban J connectivity index is 1.95. The van der Waals surface area contributed by atoms with Gasteiger partial charge in [-0.3, -0.25) is 9.78 Å². The van der Waals surface area contributed by atoms with E-state index in [0.29, 0.717) is 11.3 Å².